The smallest absolute Gasteiger partial charge is 0.307 e. The number of carbonyl (C=O) groups is 1. The highest BCUT2D eigenvalue weighted by Crippen LogP contribution is 2.30. The first-order valence-electron chi connectivity index (χ1n) is 5.64. The third kappa shape index (κ3) is 2.27. The minimum absolute atomic E-state index is 0.202. The first-order chi connectivity index (χ1) is 7.70. The Bertz CT molecular complexity index is 384. The number of nitrogens with zero attached hydrogens (tertiary/aromatic N) is 1. The van der Waals surface area contributed by atoms with Crippen LogP contribution in [-0.4, -0.2) is 22.8 Å². The van der Waals surface area contributed by atoms with E-state index in [4.69, 9.17) is 0 Å². The average molecular weight is 223 g/mol. The van der Waals surface area contributed by atoms with Crippen LogP contribution in [0.15, 0.2) is 12.4 Å². The summed E-state index contributed by atoms with van der Waals surface area (Å²) in [4.78, 5) is 11.0. The van der Waals surface area contributed by atoms with Gasteiger partial charge in [-0.25, -0.2) is 0 Å². The van der Waals surface area contributed by atoms with E-state index in [2.05, 4.69) is 4.74 Å². The van der Waals surface area contributed by atoms with Crippen LogP contribution in [-0.2, 0) is 22.5 Å². The minimum Gasteiger partial charge on any atom is -0.469 e. The molecule has 2 rings (SSSR count). The van der Waals surface area contributed by atoms with Crippen molar-refractivity contribution < 1.29 is 14.6 Å². The predicted molar refractivity (Wildman–Crippen MR) is 59.0 cm³/mol. The molecule has 1 aromatic heterocycles. The number of esters is 1. The van der Waals surface area contributed by atoms with Crippen molar-refractivity contribution in [2.24, 2.45) is 0 Å². The second-order valence-corrected chi connectivity index (χ2v) is 4.21. The molecule has 1 N–H and O–H groups in total. The maximum absolute atomic E-state index is 11.0. The molecule has 1 heterocycles. The average Bonchev–Trinajstić information content (AvgIpc) is 2.70. The first kappa shape index (κ1) is 11.2. The summed E-state index contributed by atoms with van der Waals surface area (Å²) in [6.45, 7) is 0.617. The molecule has 0 spiro atoms. The molecule has 0 aliphatic heterocycles. The SMILES string of the molecule is COC(=O)CCn1cc2c(c1)C(O)CCC2. The number of hydrogen-bond donors (Lipinski definition) is 1. The van der Waals surface area contributed by atoms with E-state index in [1.165, 1.54) is 12.7 Å². The van der Waals surface area contributed by atoms with Crippen molar-refractivity contribution in [2.45, 2.75) is 38.3 Å². The zero-order valence-electron chi connectivity index (χ0n) is 9.48. The van der Waals surface area contributed by atoms with E-state index < -0.39 is 0 Å². The van der Waals surface area contributed by atoms with Crippen molar-refractivity contribution >= 4 is 5.97 Å². The number of fused-ring (bicyclic) bond motifs is 1. The van der Waals surface area contributed by atoms with Crippen molar-refractivity contribution in [3.63, 3.8) is 0 Å². The molecule has 0 saturated heterocycles. The molecule has 1 unspecified atom stereocenters. The molecule has 0 aromatic carbocycles. The van der Waals surface area contributed by atoms with Crippen LogP contribution < -0.4 is 0 Å². The Morgan fingerprint density at radius 1 is 1.62 bits per heavy atom. The van der Waals surface area contributed by atoms with Crippen molar-refractivity contribution in [3.05, 3.63) is 23.5 Å². The molecule has 4 heteroatoms. The van der Waals surface area contributed by atoms with Crippen molar-refractivity contribution in [2.75, 3.05) is 7.11 Å². The highest BCUT2D eigenvalue weighted by Gasteiger charge is 2.19. The highest BCUT2D eigenvalue weighted by molar-refractivity contribution is 5.68. The van der Waals surface area contributed by atoms with E-state index in [1.54, 1.807) is 0 Å². The van der Waals surface area contributed by atoms with E-state index >= 15 is 0 Å². The highest BCUT2D eigenvalue weighted by atomic mass is 16.5. The van der Waals surface area contributed by atoms with E-state index in [1.807, 2.05) is 17.0 Å². The summed E-state index contributed by atoms with van der Waals surface area (Å²) in [6.07, 6.45) is 6.92. The van der Waals surface area contributed by atoms with E-state index in [0.29, 0.717) is 13.0 Å². The third-order valence-corrected chi connectivity index (χ3v) is 3.08. The first-order valence-corrected chi connectivity index (χ1v) is 5.64. The summed E-state index contributed by atoms with van der Waals surface area (Å²) >= 11 is 0. The van der Waals surface area contributed by atoms with Gasteiger partial charge in [0.05, 0.1) is 19.6 Å². The minimum atomic E-state index is -0.330. The van der Waals surface area contributed by atoms with Crippen LogP contribution in [0.3, 0.4) is 0 Å². The molecule has 88 valence electrons. The molecule has 1 aliphatic carbocycles. The van der Waals surface area contributed by atoms with Crippen LogP contribution in [0.1, 0.15) is 36.5 Å². The second kappa shape index (κ2) is 4.70. The Morgan fingerprint density at radius 3 is 3.12 bits per heavy atom. The summed E-state index contributed by atoms with van der Waals surface area (Å²) in [5, 5.41) is 9.79. The van der Waals surface area contributed by atoms with Crippen LogP contribution >= 0.6 is 0 Å². The van der Waals surface area contributed by atoms with Gasteiger partial charge in [0.2, 0.25) is 0 Å². The van der Waals surface area contributed by atoms with Gasteiger partial charge in [0.15, 0.2) is 0 Å². The van der Waals surface area contributed by atoms with Crippen LogP contribution in [0.2, 0.25) is 0 Å². The molecule has 1 aliphatic rings. The quantitative estimate of drug-likeness (QED) is 0.788. The van der Waals surface area contributed by atoms with Gasteiger partial charge in [0.1, 0.15) is 0 Å². The molecule has 4 nitrogen and oxygen atoms in total. The lowest BCUT2D eigenvalue weighted by Gasteiger charge is -2.16. The number of aliphatic hydroxyl groups excluding tert-OH is 1. The monoisotopic (exact) mass is 223 g/mol. The fourth-order valence-electron chi connectivity index (χ4n) is 2.18. The Labute approximate surface area is 94.8 Å². The second-order valence-electron chi connectivity index (χ2n) is 4.21. The fourth-order valence-corrected chi connectivity index (χ4v) is 2.18. The van der Waals surface area contributed by atoms with Gasteiger partial charge >= 0.3 is 5.97 Å². The lowest BCUT2D eigenvalue weighted by atomic mass is 9.93. The van der Waals surface area contributed by atoms with Gasteiger partial charge in [0, 0.05) is 24.5 Å². The van der Waals surface area contributed by atoms with Crippen molar-refractivity contribution in [3.8, 4) is 0 Å². The predicted octanol–water partition coefficient (Wildman–Crippen LogP) is 1.42. The zero-order valence-corrected chi connectivity index (χ0v) is 9.48. The Morgan fingerprint density at radius 2 is 2.44 bits per heavy atom. The molecule has 16 heavy (non-hydrogen) atoms. The van der Waals surface area contributed by atoms with Crippen LogP contribution in [0.5, 0.6) is 0 Å². The molecular formula is C12H17NO3. The number of rotatable bonds is 3. The Kier molecular flexibility index (Phi) is 3.29. The van der Waals surface area contributed by atoms with E-state index in [9.17, 15) is 9.90 Å². The van der Waals surface area contributed by atoms with Gasteiger partial charge in [-0.2, -0.15) is 0 Å². The molecule has 0 fully saturated rings. The molecule has 0 saturated carbocycles. The Hall–Kier alpha value is -1.29. The lowest BCUT2D eigenvalue weighted by Crippen LogP contribution is -2.06. The lowest BCUT2D eigenvalue weighted by molar-refractivity contribution is -0.140. The molecule has 0 radical (unpaired) electrons. The van der Waals surface area contributed by atoms with E-state index in [0.717, 1.165) is 24.8 Å². The normalized spacial score (nSPS) is 19.2. The largest absolute Gasteiger partial charge is 0.469 e. The topological polar surface area (TPSA) is 51.5 Å². The zero-order chi connectivity index (χ0) is 11.5. The summed E-state index contributed by atoms with van der Waals surface area (Å²) in [5.74, 6) is -0.202. The number of aryl methyl sites for hydroxylation is 2. The number of aliphatic hydroxyl groups is 1. The molecule has 0 amide bonds. The maximum Gasteiger partial charge on any atom is 0.307 e. The summed E-state index contributed by atoms with van der Waals surface area (Å²) < 4.78 is 6.56. The molecular weight excluding hydrogens is 206 g/mol. The summed E-state index contributed by atoms with van der Waals surface area (Å²) in [6, 6.07) is 0. The number of aromatic nitrogens is 1. The van der Waals surface area contributed by atoms with Gasteiger partial charge in [-0.05, 0) is 24.8 Å². The summed E-state index contributed by atoms with van der Waals surface area (Å²) in [5.41, 5.74) is 2.24. The van der Waals surface area contributed by atoms with Gasteiger partial charge in [-0.1, -0.05) is 0 Å². The van der Waals surface area contributed by atoms with Gasteiger partial charge < -0.3 is 14.4 Å². The van der Waals surface area contributed by atoms with Crippen LogP contribution in [0.4, 0.5) is 0 Å². The van der Waals surface area contributed by atoms with Crippen molar-refractivity contribution in [1.29, 1.82) is 0 Å². The van der Waals surface area contributed by atoms with Gasteiger partial charge in [-0.3, -0.25) is 4.79 Å². The van der Waals surface area contributed by atoms with Crippen LogP contribution in [0.25, 0.3) is 0 Å². The third-order valence-electron chi connectivity index (χ3n) is 3.08. The van der Waals surface area contributed by atoms with Crippen LogP contribution in [0, 0.1) is 0 Å². The number of methoxy groups -OCH3 is 1. The molecule has 1 atom stereocenters. The van der Waals surface area contributed by atoms with Gasteiger partial charge in [0.25, 0.3) is 0 Å². The molecule has 0 bridgehead atoms. The van der Waals surface area contributed by atoms with Crippen molar-refractivity contribution in [1.82, 2.24) is 4.57 Å². The number of carbonyl (C=O) groups excluding carboxylic acids is 1. The maximum atomic E-state index is 11.0. The number of hydrogen-bond acceptors (Lipinski definition) is 3. The summed E-state index contributed by atoms with van der Waals surface area (Å²) in [7, 11) is 1.40. The van der Waals surface area contributed by atoms with Gasteiger partial charge in [-0.15, -0.1) is 0 Å². The standard InChI is InChI=1S/C12H17NO3/c1-16-12(15)5-6-13-7-9-3-2-4-11(14)10(9)8-13/h7-8,11,14H,2-6H2,1H3. The van der Waals surface area contributed by atoms with E-state index in [-0.39, 0.29) is 12.1 Å². The molecule has 1 aromatic rings. The fraction of sp³-hybridized carbons (Fsp3) is 0.583. The number of ether oxygens (including phenoxy) is 1. The Balaban J connectivity index is 2.04.